The molecule has 2 N–H and O–H groups in total. The summed E-state index contributed by atoms with van der Waals surface area (Å²) in [6, 6.07) is 13.5. The maximum atomic E-state index is 13.1. The number of aromatic nitrogens is 1. The SMILES string of the molecule is CNC(=O)c1cc(C(=O)NC2[C@H]3CC(O[Si](C)(C)C(C)(C)C)C[C@@H]23)cc(Cc2ccccc2)n1. The fourth-order valence-electron chi connectivity index (χ4n) is 4.79. The van der Waals surface area contributed by atoms with E-state index in [9.17, 15) is 9.59 Å². The number of carbonyl (C=O) groups excluding carboxylic acids is 2. The molecule has 0 radical (unpaired) electrons. The number of fused-ring (bicyclic) bond motifs is 1. The zero-order valence-corrected chi connectivity index (χ0v) is 22.1. The van der Waals surface area contributed by atoms with Gasteiger partial charge in [0.15, 0.2) is 8.32 Å². The van der Waals surface area contributed by atoms with Gasteiger partial charge >= 0.3 is 0 Å². The van der Waals surface area contributed by atoms with E-state index in [4.69, 9.17) is 4.43 Å². The zero-order valence-electron chi connectivity index (χ0n) is 21.1. The van der Waals surface area contributed by atoms with E-state index in [0.717, 1.165) is 18.4 Å². The van der Waals surface area contributed by atoms with Crippen molar-refractivity contribution in [2.45, 2.75) is 70.3 Å². The molecule has 2 aliphatic carbocycles. The normalized spacial score (nSPS) is 23.8. The highest BCUT2D eigenvalue weighted by Gasteiger charge is 2.58. The van der Waals surface area contributed by atoms with Gasteiger partial charge in [0.05, 0.1) is 0 Å². The third kappa shape index (κ3) is 5.25. The number of rotatable bonds is 7. The predicted molar refractivity (Wildman–Crippen MR) is 136 cm³/mol. The molecule has 7 heteroatoms. The van der Waals surface area contributed by atoms with E-state index in [1.165, 1.54) is 0 Å². The fourth-order valence-corrected chi connectivity index (χ4v) is 6.17. The quantitative estimate of drug-likeness (QED) is 0.571. The lowest BCUT2D eigenvalue weighted by Crippen LogP contribution is -2.44. The standard InChI is InChI=1S/C27H37N3O3Si/c1-27(2,3)34(5,6)33-20-15-21-22(16-20)24(21)30-25(31)18-13-19(12-17-10-8-7-9-11-17)29-23(14-18)26(32)28-4/h7-11,13-14,20-22,24H,12,15-16H2,1-6H3,(H,28,32)(H,30,31)/t20?,21-,22+,24?. The van der Waals surface area contributed by atoms with Crippen molar-refractivity contribution in [1.29, 1.82) is 0 Å². The summed E-state index contributed by atoms with van der Waals surface area (Å²) in [5, 5.41) is 6.04. The number of amides is 2. The lowest BCUT2D eigenvalue weighted by atomic mass is 10.1. The second kappa shape index (κ2) is 9.27. The van der Waals surface area contributed by atoms with Crippen LogP contribution in [0.4, 0.5) is 0 Å². The molecule has 0 bridgehead atoms. The van der Waals surface area contributed by atoms with Gasteiger partial charge in [-0.15, -0.1) is 0 Å². The van der Waals surface area contributed by atoms with Crippen molar-refractivity contribution in [1.82, 2.24) is 15.6 Å². The second-order valence-corrected chi connectivity index (χ2v) is 16.0. The van der Waals surface area contributed by atoms with Gasteiger partial charge in [0.2, 0.25) is 0 Å². The van der Waals surface area contributed by atoms with Crippen LogP contribution in [0.2, 0.25) is 18.1 Å². The maximum Gasteiger partial charge on any atom is 0.269 e. The van der Waals surface area contributed by atoms with Crippen LogP contribution in [-0.4, -0.2) is 44.3 Å². The Hall–Kier alpha value is -2.51. The molecule has 2 aliphatic rings. The van der Waals surface area contributed by atoms with E-state index in [2.05, 4.69) is 49.5 Å². The maximum absolute atomic E-state index is 13.1. The fraction of sp³-hybridized carbons (Fsp3) is 0.519. The van der Waals surface area contributed by atoms with E-state index in [1.807, 2.05) is 30.3 Å². The van der Waals surface area contributed by atoms with E-state index in [1.54, 1.807) is 19.2 Å². The number of nitrogens with one attached hydrogen (secondary N) is 2. The van der Waals surface area contributed by atoms with Gasteiger partial charge < -0.3 is 15.1 Å². The highest BCUT2D eigenvalue weighted by molar-refractivity contribution is 6.74. The largest absolute Gasteiger partial charge is 0.414 e. The zero-order chi connectivity index (χ0) is 24.7. The van der Waals surface area contributed by atoms with Crippen LogP contribution >= 0.6 is 0 Å². The first-order valence-electron chi connectivity index (χ1n) is 12.2. The predicted octanol–water partition coefficient (Wildman–Crippen LogP) is 4.56. The van der Waals surface area contributed by atoms with Gasteiger partial charge in [-0.2, -0.15) is 0 Å². The van der Waals surface area contributed by atoms with Crippen LogP contribution < -0.4 is 10.6 Å². The third-order valence-corrected chi connectivity index (χ3v) is 12.3. The van der Waals surface area contributed by atoms with E-state index < -0.39 is 8.32 Å². The Morgan fingerprint density at radius 1 is 1.06 bits per heavy atom. The smallest absolute Gasteiger partial charge is 0.269 e. The second-order valence-electron chi connectivity index (χ2n) is 11.3. The Kier molecular flexibility index (Phi) is 6.71. The summed E-state index contributed by atoms with van der Waals surface area (Å²) >= 11 is 0. The number of carbonyl (C=O) groups is 2. The molecule has 2 aromatic rings. The lowest BCUT2D eigenvalue weighted by molar-refractivity contribution is 0.0938. The lowest BCUT2D eigenvalue weighted by Gasteiger charge is -2.39. The molecule has 0 saturated heterocycles. The molecular weight excluding hydrogens is 442 g/mol. The number of hydrogen-bond acceptors (Lipinski definition) is 4. The van der Waals surface area contributed by atoms with Gasteiger partial charge in [0, 0.05) is 36.9 Å². The molecule has 182 valence electrons. The average molecular weight is 480 g/mol. The van der Waals surface area contributed by atoms with Crippen molar-refractivity contribution in [3.63, 3.8) is 0 Å². The Balaban J connectivity index is 1.41. The topological polar surface area (TPSA) is 80.3 Å². The van der Waals surface area contributed by atoms with Gasteiger partial charge in [-0.25, -0.2) is 4.98 Å². The van der Waals surface area contributed by atoms with Crippen molar-refractivity contribution in [3.8, 4) is 0 Å². The third-order valence-electron chi connectivity index (χ3n) is 7.80. The number of pyridine rings is 1. The molecule has 6 nitrogen and oxygen atoms in total. The molecule has 1 aromatic carbocycles. The van der Waals surface area contributed by atoms with Crippen molar-refractivity contribution in [2.75, 3.05) is 7.05 Å². The van der Waals surface area contributed by atoms with Crippen molar-refractivity contribution >= 4 is 20.1 Å². The highest BCUT2D eigenvalue weighted by atomic mass is 28.4. The molecule has 2 fully saturated rings. The molecule has 1 aromatic heterocycles. The minimum Gasteiger partial charge on any atom is -0.414 e. The van der Waals surface area contributed by atoms with Gasteiger partial charge in [-0.3, -0.25) is 9.59 Å². The first kappa shape index (κ1) is 24.6. The minimum atomic E-state index is -1.78. The van der Waals surface area contributed by atoms with Crippen LogP contribution in [0.5, 0.6) is 0 Å². The van der Waals surface area contributed by atoms with Crippen LogP contribution in [0.25, 0.3) is 0 Å². The first-order valence-corrected chi connectivity index (χ1v) is 15.1. The summed E-state index contributed by atoms with van der Waals surface area (Å²) in [5.74, 6) is 0.548. The minimum absolute atomic E-state index is 0.136. The number of hydrogen-bond donors (Lipinski definition) is 2. The van der Waals surface area contributed by atoms with Gasteiger partial charge in [-0.05, 0) is 60.5 Å². The van der Waals surface area contributed by atoms with Crippen molar-refractivity contribution in [2.24, 2.45) is 11.8 Å². The summed E-state index contributed by atoms with van der Waals surface area (Å²) in [4.78, 5) is 29.9. The van der Waals surface area contributed by atoms with Gasteiger partial charge in [0.25, 0.3) is 11.8 Å². The Morgan fingerprint density at radius 2 is 1.71 bits per heavy atom. The molecule has 2 saturated carbocycles. The molecule has 2 amide bonds. The summed E-state index contributed by atoms with van der Waals surface area (Å²) in [7, 11) is -0.206. The van der Waals surface area contributed by atoms with Crippen LogP contribution in [0.3, 0.4) is 0 Å². The molecular formula is C27H37N3O3Si. The van der Waals surface area contributed by atoms with Gasteiger partial charge in [-0.1, -0.05) is 51.1 Å². The van der Waals surface area contributed by atoms with Crippen LogP contribution in [-0.2, 0) is 10.8 Å². The Bertz CT molecular complexity index is 1050. The van der Waals surface area contributed by atoms with Crippen LogP contribution in [0, 0.1) is 11.8 Å². The summed E-state index contributed by atoms with van der Waals surface area (Å²) in [5.41, 5.74) is 2.54. The molecule has 4 rings (SSSR count). The molecule has 0 spiro atoms. The Labute approximate surface area is 204 Å². The highest BCUT2D eigenvalue weighted by Crippen LogP contribution is 2.54. The van der Waals surface area contributed by atoms with E-state index >= 15 is 0 Å². The van der Waals surface area contributed by atoms with E-state index in [0.29, 0.717) is 35.6 Å². The number of nitrogens with zero attached hydrogens (tertiary/aromatic N) is 1. The van der Waals surface area contributed by atoms with Crippen molar-refractivity contribution < 1.29 is 14.0 Å². The molecule has 34 heavy (non-hydrogen) atoms. The summed E-state index contributed by atoms with van der Waals surface area (Å²) < 4.78 is 6.60. The van der Waals surface area contributed by atoms with E-state index in [-0.39, 0.29) is 28.6 Å². The van der Waals surface area contributed by atoms with Gasteiger partial charge in [0.1, 0.15) is 5.69 Å². The van der Waals surface area contributed by atoms with Crippen LogP contribution in [0.1, 0.15) is 65.7 Å². The molecule has 2 unspecified atom stereocenters. The average Bonchev–Trinajstić information content (AvgIpc) is 3.21. The first-order chi connectivity index (χ1) is 16.0. The molecule has 4 atom stereocenters. The Morgan fingerprint density at radius 3 is 2.29 bits per heavy atom. The van der Waals surface area contributed by atoms with Crippen molar-refractivity contribution in [3.05, 3.63) is 65.0 Å². The monoisotopic (exact) mass is 479 g/mol. The van der Waals surface area contributed by atoms with Crippen LogP contribution in [0.15, 0.2) is 42.5 Å². The summed E-state index contributed by atoms with van der Waals surface area (Å²) in [6.07, 6.45) is 2.90. The summed E-state index contributed by atoms with van der Waals surface area (Å²) in [6.45, 7) is 11.4. The molecule has 0 aliphatic heterocycles. The number of benzene rings is 1. The molecule has 1 heterocycles.